The number of aromatic nitrogens is 2. The number of amides is 1. The van der Waals surface area contributed by atoms with Gasteiger partial charge in [0.05, 0.1) is 0 Å². The van der Waals surface area contributed by atoms with Crippen LogP contribution in [0.2, 0.25) is 0 Å². The maximum atomic E-state index is 14.0. The monoisotopic (exact) mass is 351 g/mol. The first-order valence-corrected chi connectivity index (χ1v) is 8.56. The minimum Gasteiger partial charge on any atom is -0.337 e. The highest BCUT2D eigenvalue weighted by molar-refractivity contribution is 5.78. The Kier molecular flexibility index (Phi) is 4.24. The molecule has 1 atom stereocenters. The molecule has 4 rings (SSSR count). The van der Waals surface area contributed by atoms with Gasteiger partial charge < -0.3 is 9.42 Å². The Balaban J connectivity index is 1.62. The van der Waals surface area contributed by atoms with E-state index in [1.54, 1.807) is 23.1 Å². The summed E-state index contributed by atoms with van der Waals surface area (Å²) in [7, 11) is 0. The van der Waals surface area contributed by atoms with Crippen molar-refractivity contribution in [2.24, 2.45) is 0 Å². The molecule has 2 heterocycles. The Bertz CT molecular complexity index is 953. The summed E-state index contributed by atoms with van der Waals surface area (Å²) in [6.45, 7) is 2.17. The van der Waals surface area contributed by atoms with Gasteiger partial charge in [-0.2, -0.15) is 4.98 Å². The molecule has 0 saturated carbocycles. The molecular weight excluding hydrogens is 333 g/mol. The van der Waals surface area contributed by atoms with Gasteiger partial charge in [-0.05, 0) is 25.0 Å². The molecule has 0 N–H and O–H groups in total. The fourth-order valence-corrected chi connectivity index (χ4v) is 3.30. The second kappa shape index (κ2) is 6.71. The molecule has 0 bridgehead atoms. The van der Waals surface area contributed by atoms with Crippen molar-refractivity contribution < 1.29 is 13.7 Å². The lowest BCUT2D eigenvalue weighted by Gasteiger charge is -2.22. The summed E-state index contributed by atoms with van der Waals surface area (Å²) in [5.41, 5.74) is 2.42. The standard InChI is InChI=1S/C20H18FN3O2/c1-13-6-2-4-8-15(13)19-22-20(26-23-19)17-10-11-18(25)24(17)12-14-7-3-5-9-16(14)21/h2-9,17H,10-12H2,1H3. The van der Waals surface area contributed by atoms with Crippen molar-refractivity contribution in [2.45, 2.75) is 32.4 Å². The quantitative estimate of drug-likeness (QED) is 0.711. The molecule has 5 nitrogen and oxygen atoms in total. The van der Waals surface area contributed by atoms with Gasteiger partial charge in [-0.1, -0.05) is 47.6 Å². The Labute approximate surface area is 150 Å². The number of nitrogens with zero attached hydrogens (tertiary/aromatic N) is 3. The molecule has 0 aliphatic carbocycles. The summed E-state index contributed by atoms with van der Waals surface area (Å²) in [5.74, 6) is 0.541. The largest absolute Gasteiger partial charge is 0.337 e. The van der Waals surface area contributed by atoms with Gasteiger partial charge in [-0.3, -0.25) is 4.79 Å². The summed E-state index contributed by atoms with van der Waals surface area (Å²) < 4.78 is 19.4. The molecule has 0 spiro atoms. The van der Waals surface area contributed by atoms with Gasteiger partial charge in [0.15, 0.2) is 0 Å². The normalized spacial score (nSPS) is 17.1. The zero-order valence-electron chi connectivity index (χ0n) is 14.4. The van der Waals surface area contributed by atoms with Crippen LogP contribution in [0.1, 0.15) is 35.9 Å². The number of halogens is 1. The number of likely N-dealkylation sites (tertiary alicyclic amines) is 1. The third-order valence-electron chi connectivity index (χ3n) is 4.74. The van der Waals surface area contributed by atoms with Crippen LogP contribution >= 0.6 is 0 Å². The van der Waals surface area contributed by atoms with Gasteiger partial charge in [0, 0.05) is 24.1 Å². The van der Waals surface area contributed by atoms with E-state index in [9.17, 15) is 9.18 Å². The maximum Gasteiger partial charge on any atom is 0.249 e. The van der Waals surface area contributed by atoms with Crippen LogP contribution in [0.4, 0.5) is 4.39 Å². The van der Waals surface area contributed by atoms with E-state index in [4.69, 9.17) is 4.52 Å². The Morgan fingerprint density at radius 3 is 2.77 bits per heavy atom. The van der Waals surface area contributed by atoms with Crippen LogP contribution < -0.4 is 0 Å². The molecule has 1 aromatic heterocycles. The van der Waals surface area contributed by atoms with Crippen molar-refractivity contribution in [2.75, 3.05) is 0 Å². The van der Waals surface area contributed by atoms with Crippen LogP contribution in [0.3, 0.4) is 0 Å². The van der Waals surface area contributed by atoms with E-state index in [1.807, 2.05) is 31.2 Å². The number of rotatable bonds is 4. The topological polar surface area (TPSA) is 59.2 Å². The van der Waals surface area contributed by atoms with Crippen LogP contribution in [-0.4, -0.2) is 20.9 Å². The number of carbonyl (C=O) groups excluding carboxylic acids is 1. The van der Waals surface area contributed by atoms with Crippen LogP contribution in [-0.2, 0) is 11.3 Å². The van der Waals surface area contributed by atoms with Crippen molar-refractivity contribution in [1.82, 2.24) is 15.0 Å². The molecule has 132 valence electrons. The first-order valence-electron chi connectivity index (χ1n) is 8.56. The number of hydrogen-bond acceptors (Lipinski definition) is 4. The van der Waals surface area contributed by atoms with Gasteiger partial charge in [0.1, 0.15) is 11.9 Å². The number of carbonyl (C=O) groups is 1. The smallest absolute Gasteiger partial charge is 0.249 e. The molecule has 1 amide bonds. The van der Waals surface area contributed by atoms with Crippen molar-refractivity contribution >= 4 is 5.91 Å². The minimum atomic E-state index is -0.327. The zero-order valence-corrected chi connectivity index (χ0v) is 14.4. The Morgan fingerprint density at radius 2 is 1.96 bits per heavy atom. The zero-order chi connectivity index (χ0) is 18.1. The number of aryl methyl sites for hydroxylation is 1. The van der Waals surface area contributed by atoms with Gasteiger partial charge in [-0.25, -0.2) is 4.39 Å². The summed E-state index contributed by atoms with van der Waals surface area (Å²) in [5, 5.41) is 4.08. The van der Waals surface area contributed by atoms with Gasteiger partial charge in [-0.15, -0.1) is 0 Å². The Morgan fingerprint density at radius 1 is 1.19 bits per heavy atom. The summed E-state index contributed by atoms with van der Waals surface area (Å²) in [6, 6.07) is 13.9. The molecule has 1 saturated heterocycles. The van der Waals surface area contributed by atoms with Crippen molar-refractivity contribution in [3.8, 4) is 11.4 Å². The van der Waals surface area contributed by atoms with Gasteiger partial charge in [0.2, 0.25) is 17.6 Å². The summed E-state index contributed by atoms with van der Waals surface area (Å²) in [4.78, 5) is 18.4. The third-order valence-corrected chi connectivity index (χ3v) is 4.74. The van der Waals surface area contributed by atoms with Crippen LogP contribution in [0.25, 0.3) is 11.4 Å². The molecule has 2 aromatic carbocycles. The fraction of sp³-hybridized carbons (Fsp3) is 0.250. The first-order chi connectivity index (χ1) is 12.6. The fourth-order valence-electron chi connectivity index (χ4n) is 3.30. The lowest BCUT2D eigenvalue weighted by Crippen LogP contribution is -2.27. The Hall–Kier alpha value is -3.02. The second-order valence-corrected chi connectivity index (χ2v) is 6.44. The van der Waals surface area contributed by atoms with E-state index in [2.05, 4.69) is 10.1 Å². The average molecular weight is 351 g/mol. The van der Waals surface area contributed by atoms with Crippen LogP contribution in [0.5, 0.6) is 0 Å². The molecule has 1 aliphatic heterocycles. The van der Waals surface area contributed by atoms with Crippen molar-refractivity contribution in [3.63, 3.8) is 0 Å². The van der Waals surface area contributed by atoms with Gasteiger partial charge in [0.25, 0.3) is 0 Å². The van der Waals surface area contributed by atoms with Crippen molar-refractivity contribution in [1.29, 1.82) is 0 Å². The molecular formula is C20H18FN3O2. The first kappa shape index (κ1) is 16.4. The SMILES string of the molecule is Cc1ccccc1-c1noc(C2CCC(=O)N2Cc2ccccc2F)n1. The third kappa shape index (κ3) is 2.98. The second-order valence-electron chi connectivity index (χ2n) is 6.44. The molecule has 1 unspecified atom stereocenters. The van der Waals surface area contributed by atoms with Crippen molar-refractivity contribution in [3.05, 3.63) is 71.4 Å². The van der Waals surface area contributed by atoms with E-state index in [0.717, 1.165) is 11.1 Å². The number of hydrogen-bond donors (Lipinski definition) is 0. The summed E-state index contributed by atoms with van der Waals surface area (Å²) >= 11 is 0. The molecule has 6 heteroatoms. The minimum absolute atomic E-state index is 0.0334. The summed E-state index contributed by atoms with van der Waals surface area (Å²) in [6.07, 6.45) is 0.976. The molecule has 26 heavy (non-hydrogen) atoms. The van der Waals surface area contributed by atoms with E-state index < -0.39 is 0 Å². The van der Waals surface area contributed by atoms with Gasteiger partial charge >= 0.3 is 0 Å². The van der Waals surface area contributed by atoms with Crippen LogP contribution in [0, 0.1) is 12.7 Å². The van der Waals surface area contributed by atoms with E-state index in [-0.39, 0.29) is 24.3 Å². The predicted molar refractivity (Wildman–Crippen MR) is 93.4 cm³/mol. The van der Waals surface area contributed by atoms with E-state index >= 15 is 0 Å². The van der Waals surface area contributed by atoms with E-state index in [0.29, 0.717) is 30.1 Å². The lowest BCUT2D eigenvalue weighted by atomic mass is 10.1. The number of benzene rings is 2. The highest BCUT2D eigenvalue weighted by Gasteiger charge is 2.36. The average Bonchev–Trinajstić information content (AvgIpc) is 3.25. The maximum absolute atomic E-state index is 14.0. The molecule has 3 aromatic rings. The predicted octanol–water partition coefficient (Wildman–Crippen LogP) is 4.05. The molecule has 1 fully saturated rings. The lowest BCUT2D eigenvalue weighted by molar-refractivity contribution is -0.130. The highest BCUT2D eigenvalue weighted by Crippen LogP contribution is 2.34. The van der Waals surface area contributed by atoms with E-state index in [1.165, 1.54) is 6.07 Å². The molecule has 1 aliphatic rings. The highest BCUT2D eigenvalue weighted by atomic mass is 19.1. The molecule has 0 radical (unpaired) electrons. The van der Waals surface area contributed by atoms with Crippen LogP contribution in [0.15, 0.2) is 53.1 Å².